The van der Waals surface area contributed by atoms with Crippen molar-refractivity contribution in [2.45, 2.75) is 161 Å². The lowest BCUT2D eigenvalue weighted by atomic mass is 9.49. The van der Waals surface area contributed by atoms with Gasteiger partial charge in [-0.2, -0.15) is 0 Å². The maximum atomic E-state index is 13.7. The lowest BCUT2D eigenvalue weighted by molar-refractivity contribution is -0.389. The molecular weight excluding hydrogens is 650 g/mol. The molecule has 13 heteroatoms. The molecular formula is C37H57NO12. The fraction of sp³-hybridized carbons (Fsp3) is 0.811. The molecule has 0 aromatic carbocycles. The minimum absolute atomic E-state index is 0.00397. The molecule has 2 aliphatic heterocycles. The number of nitrogens with one attached hydrogen (secondary N) is 1. The SMILES string of the molecule is C=CC1O[C@H]2CC3=C(C)[C@@H](OC(=O)[C@H](O)[C@H](CC(C)C)NC(=O)OC(C)(C)C)C[C@@]3(C(C)(C)O)[C@@H](O)[C@H]3[C@@]2(C)[C@H](CC2OC[C@]23OC(C)=O)O1. The molecule has 3 aliphatic carbocycles. The predicted molar refractivity (Wildman–Crippen MR) is 179 cm³/mol. The molecule has 5 rings (SSSR count). The van der Waals surface area contributed by atoms with E-state index in [9.17, 15) is 29.7 Å². The molecule has 0 aromatic rings. The first-order valence-corrected chi connectivity index (χ1v) is 17.7. The van der Waals surface area contributed by atoms with Crippen molar-refractivity contribution in [3.05, 3.63) is 23.8 Å². The van der Waals surface area contributed by atoms with Crippen LogP contribution in [0, 0.1) is 22.7 Å². The van der Waals surface area contributed by atoms with Crippen LogP contribution in [0.15, 0.2) is 23.8 Å². The van der Waals surface area contributed by atoms with E-state index in [1.165, 1.54) is 6.92 Å². The number of ether oxygens (including phenoxy) is 6. The summed E-state index contributed by atoms with van der Waals surface area (Å²) in [6.07, 6.45) is -4.72. The average Bonchev–Trinajstić information content (AvgIpc) is 3.20. The molecule has 2 saturated heterocycles. The number of rotatable bonds is 9. The van der Waals surface area contributed by atoms with Crippen LogP contribution in [-0.2, 0) is 38.0 Å². The molecule has 2 heterocycles. The third kappa shape index (κ3) is 6.29. The second-order valence-corrected chi connectivity index (χ2v) is 17.1. The van der Waals surface area contributed by atoms with Crippen molar-refractivity contribution in [1.29, 1.82) is 0 Å². The zero-order valence-corrected chi connectivity index (χ0v) is 31.1. The second kappa shape index (κ2) is 13.1. The summed E-state index contributed by atoms with van der Waals surface area (Å²) in [5.41, 5.74) is -4.65. The highest BCUT2D eigenvalue weighted by atomic mass is 16.7. The van der Waals surface area contributed by atoms with Crippen LogP contribution >= 0.6 is 0 Å². The Bertz CT molecular complexity index is 1400. The Morgan fingerprint density at radius 3 is 2.28 bits per heavy atom. The summed E-state index contributed by atoms with van der Waals surface area (Å²) in [6.45, 7) is 21.2. The maximum absolute atomic E-state index is 13.7. The van der Waals surface area contributed by atoms with E-state index in [1.54, 1.807) is 47.6 Å². The van der Waals surface area contributed by atoms with E-state index >= 15 is 0 Å². The molecule has 0 aromatic heterocycles. The van der Waals surface area contributed by atoms with Crippen LogP contribution in [0.5, 0.6) is 0 Å². The minimum Gasteiger partial charge on any atom is -0.456 e. The highest BCUT2D eigenvalue weighted by molar-refractivity contribution is 5.77. The minimum atomic E-state index is -1.73. The topological polar surface area (TPSA) is 179 Å². The second-order valence-electron chi connectivity index (χ2n) is 17.1. The van der Waals surface area contributed by atoms with Crippen molar-refractivity contribution in [1.82, 2.24) is 5.32 Å². The number of alkyl carbamates (subject to hydrolysis) is 1. The van der Waals surface area contributed by atoms with Gasteiger partial charge in [0.05, 0.1) is 42.0 Å². The summed E-state index contributed by atoms with van der Waals surface area (Å²) in [6, 6.07) is -1.00. The van der Waals surface area contributed by atoms with E-state index in [1.807, 2.05) is 20.8 Å². The number of carbonyl (C=O) groups is 3. The van der Waals surface area contributed by atoms with E-state index in [0.29, 0.717) is 17.6 Å². The zero-order chi connectivity index (χ0) is 37.4. The normalized spacial score (nSPS) is 39.1. The van der Waals surface area contributed by atoms with Crippen LogP contribution in [0.3, 0.4) is 0 Å². The summed E-state index contributed by atoms with van der Waals surface area (Å²) in [5, 5.41) is 39.0. The van der Waals surface area contributed by atoms with Gasteiger partial charge in [0.25, 0.3) is 0 Å². The molecule has 282 valence electrons. The number of hydrogen-bond acceptors (Lipinski definition) is 12. The smallest absolute Gasteiger partial charge is 0.407 e. The number of esters is 2. The number of hydrogen-bond donors (Lipinski definition) is 4. The van der Waals surface area contributed by atoms with Crippen molar-refractivity contribution >= 4 is 18.0 Å². The fourth-order valence-corrected chi connectivity index (χ4v) is 9.57. The number of fused-ring (bicyclic) bond motifs is 3. The standard InChI is InChI=1S/C37H57NO12/c1-12-27-47-24-14-21-19(4)23(46-31(42)28(40)22(13-18(2)3)38-32(43)50-33(6,7)8)16-36(21,34(9,10)44)30(41)29-35(24,11)25(48-27)15-26-37(29,17-45-26)49-20(5)39/h12,18,22-30,40-41,44H,1,13-17H2,2-11H3,(H,38,43)/t22-,23-,24-,25-,26?,27?,28+,29-,30-,35+,36-,37-/m0/s1. The van der Waals surface area contributed by atoms with Crippen molar-refractivity contribution in [2.75, 3.05) is 6.61 Å². The van der Waals surface area contributed by atoms with E-state index in [4.69, 9.17) is 28.4 Å². The van der Waals surface area contributed by atoms with Crippen LogP contribution < -0.4 is 5.32 Å². The molecule has 1 amide bonds. The van der Waals surface area contributed by atoms with Gasteiger partial charge in [-0.3, -0.25) is 4.79 Å². The third-order valence-corrected chi connectivity index (χ3v) is 11.8. The average molecular weight is 708 g/mol. The van der Waals surface area contributed by atoms with Crippen LogP contribution in [-0.4, -0.2) is 106 Å². The molecule has 0 radical (unpaired) electrons. The van der Waals surface area contributed by atoms with Gasteiger partial charge in [0.1, 0.15) is 17.8 Å². The molecule has 13 nitrogen and oxygen atoms in total. The van der Waals surface area contributed by atoms with Gasteiger partial charge in [0, 0.05) is 31.1 Å². The van der Waals surface area contributed by atoms with Gasteiger partial charge in [-0.1, -0.05) is 32.9 Å². The van der Waals surface area contributed by atoms with E-state index in [0.717, 1.165) is 0 Å². The molecule has 4 N–H and O–H groups in total. The van der Waals surface area contributed by atoms with Gasteiger partial charge in [-0.15, -0.1) is 0 Å². The van der Waals surface area contributed by atoms with Crippen molar-refractivity contribution < 1.29 is 58.1 Å². The van der Waals surface area contributed by atoms with Crippen LogP contribution in [0.1, 0.15) is 94.9 Å². The monoisotopic (exact) mass is 707 g/mol. The molecule has 0 bridgehead atoms. The van der Waals surface area contributed by atoms with Gasteiger partial charge < -0.3 is 49.1 Å². The Morgan fingerprint density at radius 2 is 1.76 bits per heavy atom. The Balaban J connectivity index is 1.54. The Morgan fingerprint density at radius 1 is 1.12 bits per heavy atom. The molecule has 12 atom stereocenters. The fourth-order valence-electron chi connectivity index (χ4n) is 9.57. The van der Waals surface area contributed by atoms with Crippen LogP contribution in [0.25, 0.3) is 0 Å². The molecule has 2 saturated carbocycles. The van der Waals surface area contributed by atoms with Crippen LogP contribution in [0.2, 0.25) is 0 Å². The molecule has 2 unspecified atom stereocenters. The van der Waals surface area contributed by atoms with Crippen molar-refractivity contribution in [2.24, 2.45) is 22.7 Å². The Hall–Kier alpha value is -2.55. The summed E-state index contributed by atoms with van der Waals surface area (Å²) in [5.74, 6) is -2.31. The molecule has 50 heavy (non-hydrogen) atoms. The third-order valence-electron chi connectivity index (χ3n) is 11.8. The molecule has 5 aliphatic rings. The largest absolute Gasteiger partial charge is 0.456 e. The lowest BCUT2D eigenvalue weighted by Crippen LogP contribution is -2.79. The van der Waals surface area contributed by atoms with E-state index in [-0.39, 0.29) is 31.8 Å². The van der Waals surface area contributed by atoms with E-state index in [2.05, 4.69) is 11.9 Å². The first-order chi connectivity index (χ1) is 23.0. The molecule has 0 spiro atoms. The zero-order valence-electron chi connectivity index (χ0n) is 31.1. The molecule has 4 fully saturated rings. The number of aliphatic hydroxyl groups excluding tert-OH is 2. The lowest BCUT2D eigenvalue weighted by Gasteiger charge is -2.67. The first-order valence-electron chi connectivity index (χ1n) is 17.7. The highest BCUT2D eigenvalue weighted by Gasteiger charge is 2.78. The van der Waals surface area contributed by atoms with E-state index < -0.39 is 101 Å². The van der Waals surface area contributed by atoms with Gasteiger partial charge >= 0.3 is 18.0 Å². The summed E-state index contributed by atoms with van der Waals surface area (Å²) < 4.78 is 36.4. The van der Waals surface area contributed by atoms with Crippen LogP contribution in [0.4, 0.5) is 4.79 Å². The number of carbonyl (C=O) groups excluding carboxylic acids is 3. The first kappa shape index (κ1) is 38.7. The summed E-state index contributed by atoms with van der Waals surface area (Å²) in [4.78, 5) is 39.0. The summed E-state index contributed by atoms with van der Waals surface area (Å²) in [7, 11) is 0. The number of aliphatic hydroxyl groups is 3. The quantitative estimate of drug-likeness (QED) is 0.156. The number of amides is 1. The Kier molecular flexibility index (Phi) is 10.2. The van der Waals surface area contributed by atoms with Gasteiger partial charge in [0.15, 0.2) is 18.0 Å². The van der Waals surface area contributed by atoms with Gasteiger partial charge in [0.2, 0.25) is 0 Å². The van der Waals surface area contributed by atoms with Gasteiger partial charge in [-0.25, -0.2) is 9.59 Å². The van der Waals surface area contributed by atoms with Gasteiger partial charge in [-0.05, 0) is 72.0 Å². The van der Waals surface area contributed by atoms with Crippen molar-refractivity contribution in [3.8, 4) is 0 Å². The maximum Gasteiger partial charge on any atom is 0.407 e. The highest BCUT2D eigenvalue weighted by Crippen LogP contribution is 2.68. The van der Waals surface area contributed by atoms with Crippen molar-refractivity contribution in [3.63, 3.8) is 0 Å². The predicted octanol–water partition coefficient (Wildman–Crippen LogP) is 3.46. The Labute approximate surface area is 295 Å². The summed E-state index contributed by atoms with van der Waals surface area (Å²) >= 11 is 0.